The van der Waals surface area contributed by atoms with Gasteiger partial charge < -0.3 is 4.52 Å². The molecule has 0 unspecified atom stereocenters. The molecule has 1 saturated heterocycles. The third-order valence-electron chi connectivity index (χ3n) is 3.49. The summed E-state index contributed by atoms with van der Waals surface area (Å²) in [4.78, 5) is 6.53. The molecule has 0 radical (unpaired) electrons. The van der Waals surface area contributed by atoms with Crippen molar-refractivity contribution in [2.24, 2.45) is 0 Å². The van der Waals surface area contributed by atoms with Crippen molar-refractivity contribution in [2.45, 2.75) is 25.4 Å². The van der Waals surface area contributed by atoms with Crippen LogP contribution in [0, 0.1) is 0 Å². The summed E-state index contributed by atoms with van der Waals surface area (Å²) in [5, 5.41) is 7.93. The predicted octanol–water partition coefficient (Wildman–Crippen LogP) is 1.31. The average Bonchev–Trinajstić information content (AvgIpc) is 3.07. The minimum atomic E-state index is -3.17. The third-order valence-corrected chi connectivity index (χ3v) is 4.94. The van der Waals surface area contributed by atoms with Gasteiger partial charge in [0.2, 0.25) is 21.7 Å². The predicted molar refractivity (Wildman–Crippen MR) is 83.9 cm³/mol. The Hall–Kier alpha value is -1.29. The summed E-state index contributed by atoms with van der Waals surface area (Å²) < 4.78 is 30.6. The number of aromatic nitrogens is 2. The Balaban J connectivity index is 1.61. The van der Waals surface area contributed by atoms with Crippen LogP contribution >= 0.6 is 11.3 Å². The molecule has 7 nitrogen and oxygen atoms in total. The van der Waals surface area contributed by atoms with Crippen LogP contribution in [0.5, 0.6) is 0 Å². The van der Waals surface area contributed by atoms with Crippen molar-refractivity contribution in [2.75, 3.05) is 19.3 Å². The number of nitrogens with one attached hydrogen (secondary N) is 1. The molecular weight excluding hydrogens is 324 g/mol. The molecule has 0 aliphatic carbocycles. The van der Waals surface area contributed by atoms with E-state index in [0.29, 0.717) is 24.8 Å². The van der Waals surface area contributed by atoms with Crippen LogP contribution < -0.4 is 4.72 Å². The van der Waals surface area contributed by atoms with E-state index in [0.717, 1.165) is 24.9 Å². The summed E-state index contributed by atoms with van der Waals surface area (Å²) >= 11 is 1.59. The lowest BCUT2D eigenvalue weighted by molar-refractivity contribution is 0.173. The number of thiophene rings is 1. The molecule has 0 aromatic carbocycles. The molecule has 1 N–H and O–H groups in total. The first-order valence-corrected chi connectivity index (χ1v) is 9.88. The number of piperidine rings is 1. The summed E-state index contributed by atoms with van der Waals surface area (Å²) in [6.45, 7) is 2.10. The molecule has 1 fully saturated rings. The molecule has 0 bridgehead atoms. The number of sulfonamides is 1. The fourth-order valence-corrected chi connectivity index (χ4v) is 4.05. The van der Waals surface area contributed by atoms with E-state index in [1.165, 1.54) is 6.26 Å². The highest BCUT2D eigenvalue weighted by Crippen LogP contribution is 2.20. The zero-order valence-electron chi connectivity index (χ0n) is 12.2. The Labute approximate surface area is 133 Å². The number of hydrogen-bond acceptors (Lipinski definition) is 7. The molecule has 0 saturated carbocycles. The largest absolute Gasteiger partial charge is 0.338 e. The van der Waals surface area contributed by atoms with E-state index >= 15 is 0 Å². The van der Waals surface area contributed by atoms with E-state index < -0.39 is 10.0 Å². The lowest BCUT2D eigenvalue weighted by Crippen LogP contribution is -2.47. The van der Waals surface area contributed by atoms with Crippen molar-refractivity contribution < 1.29 is 12.9 Å². The van der Waals surface area contributed by atoms with Crippen LogP contribution in [0.15, 0.2) is 21.3 Å². The Kier molecular flexibility index (Phi) is 4.57. The van der Waals surface area contributed by atoms with Gasteiger partial charge in [0.25, 0.3) is 0 Å². The van der Waals surface area contributed by atoms with E-state index in [4.69, 9.17) is 4.52 Å². The summed E-state index contributed by atoms with van der Waals surface area (Å²) in [5.41, 5.74) is 0.954. The van der Waals surface area contributed by atoms with Gasteiger partial charge in [0.1, 0.15) is 0 Å². The van der Waals surface area contributed by atoms with Gasteiger partial charge >= 0.3 is 0 Å². The van der Waals surface area contributed by atoms with Gasteiger partial charge in [-0.1, -0.05) is 5.16 Å². The minimum Gasteiger partial charge on any atom is -0.338 e. The zero-order valence-corrected chi connectivity index (χ0v) is 13.9. The van der Waals surface area contributed by atoms with Crippen molar-refractivity contribution >= 4 is 21.4 Å². The fourth-order valence-electron chi connectivity index (χ4n) is 2.62. The summed E-state index contributed by atoms with van der Waals surface area (Å²) in [5.74, 6) is 1.15. The molecule has 3 rings (SSSR count). The van der Waals surface area contributed by atoms with Crippen LogP contribution in [0.3, 0.4) is 0 Å². The van der Waals surface area contributed by atoms with Gasteiger partial charge in [-0.3, -0.25) is 4.90 Å². The van der Waals surface area contributed by atoms with Crippen molar-refractivity contribution in [3.63, 3.8) is 0 Å². The van der Waals surface area contributed by atoms with Crippen molar-refractivity contribution in [1.29, 1.82) is 0 Å². The van der Waals surface area contributed by atoms with Crippen LogP contribution in [0.1, 0.15) is 18.7 Å². The fraction of sp³-hybridized carbons (Fsp3) is 0.538. The lowest BCUT2D eigenvalue weighted by atomic mass is 10.1. The van der Waals surface area contributed by atoms with Gasteiger partial charge in [0, 0.05) is 23.5 Å². The van der Waals surface area contributed by atoms with Gasteiger partial charge in [-0.15, -0.1) is 0 Å². The molecule has 3 heterocycles. The molecule has 1 atom stereocenters. The van der Waals surface area contributed by atoms with Crippen LogP contribution in [0.2, 0.25) is 0 Å². The normalized spacial score (nSPS) is 20.3. The maximum absolute atomic E-state index is 11.3. The summed E-state index contributed by atoms with van der Waals surface area (Å²) in [6.07, 6.45) is 2.99. The Morgan fingerprint density at radius 3 is 3.14 bits per heavy atom. The quantitative estimate of drug-likeness (QED) is 0.881. The zero-order chi connectivity index (χ0) is 15.6. The second kappa shape index (κ2) is 6.45. The molecule has 1 aliphatic rings. The van der Waals surface area contributed by atoms with Gasteiger partial charge in [-0.2, -0.15) is 16.3 Å². The highest BCUT2D eigenvalue weighted by Gasteiger charge is 2.23. The SMILES string of the molecule is CS(=O)(=O)N[C@H]1CCCN(Cc2nc(-c3ccsc3)no2)C1. The lowest BCUT2D eigenvalue weighted by Gasteiger charge is -2.31. The van der Waals surface area contributed by atoms with Crippen molar-refractivity contribution in [1.82, 2.24) is 19.8 Å². The monoisotopic (exact) mass is 342 g/mol. The topological polar surface area (TPSA) is 88.3 Å². The second-order valence-corrected chi connectivity index (χ2v) is 8.05. The molecule has 2 aromatic rings. The van der Waals surface area contributed by atoms with Crippen LogP contribution in [-0.4, -0.2) is 48.8 Å². The molecule has 22 heavy (non-hydrogen) atoms. The number of nitrogens with zero attached hydrogens (tertiary/aromatic N) is 3. The molecule has 9 heteroatoms. The Bertz CT molecular complexity index is 711. The first-order valence-electron chi connectivity index (χ1n) is 7.04. The molecule has 0 spiro atoms. The van der Waals surface area contributed by atoms with Crippen LogP contribution in [0.25, 0.3) is 11.4 Å². The van der Waals surface area contributed by atoms with E-state index in [1.54, 1.807) is 11.3 Å². The highest BCUT2D eigenvalue weighted by atomic mass is 32.2. The first kappa shape index (κ1) is 15.6. The highest BCUT2D eigenvalue weighted by molar-refractivity contribution is 7.88. The Morgan fingerprint density at radius 1 is 1.55 bits per heavy atom. The molecular formula is C13H18N4O3S2. The van der Waals surface area contributed by atoms with Crippen molar-refractivity contribution in [3.8, 4) is 11.4 Å². The van der Waals surface area contributed by atoms with Crippen LogP contribution in [-0.2, 0) is 16.6 Å². The summed E-state index contributed by atoms with van der Waals surface area (Å²) in [6, 6.07) is 1.90. The number of hydrogen-bond donors (Lipinski definition) is 1. The smallest absolute Gasteiger partial charge is 0.241 e. The van der Waals surface area contributed by atoms with Gasteiger partial charge in [0.15, 0.2) is 0 Å². The standard InChI is InChI=1S/C13H18N4O3S2/c1-22(18,19)16-11-3-2-5-17(7-11)8-12-14-13(15-20-12)10-4-6-21-9-10/h4,6,9,11,16H,2-3,5,7-8H2,1H3/t11-/m0/s1. The van der Waals surface area contributed by atoms with Gasteiger partial charge in [-0.25, -0.2) is 13.1 Å². The molecule has 120 valence electrons. The van der Waals surface area contributed by atoms with Crippen molar-refractivity contribution in [3.05, 3.63) is 22.7 Å². The molecule has 0 amide bonds. The maximum atomic E-state index is 11.3. The first-order chi connectivity index (χ1) is 10.5. The number of likely N-dealkylation sites (tertiary alicyclic amines) is 1. The van der Waals surface area contributed by atoms with Gasteiger partial charge in [-0.05, 0) is 30.8 Å². The van der Waals surface area contributed by atoms with E-state index in [-0.39, 0.29) is 6.04 Å². The average molecular weight is 342 g/mol. The maximum Gasteiger partial charge on any atom is 0.241 e. The number of rotatable bonds is 5. The Morgan fingerprint density at radius 2 is 2.41 bits per heavy atom. The van der Waals surface area contributed by atoms with E-state index in [2.05, 4.69) is 19.8 Å². The summed E-state index contributed by atoms with van der Waals surface area (Å²) in [7, 11) is -3.17. The van der Waals surface area contributed by atoms with E-state index in [1.807, 2.05) is 16.8 Å². The minimum absolute atomic E-state index is 0.0528. The third kappa shape index (κ3) is 4.13. The molecule has 2 aromatic heterocycles. The van der Waals surface area contributed by atoms with E-state index in [9.17, 15) is 8.42 Å². The van der Waals surface area contributed by atoms with Gasteiger partial charge in [0.05, 0.1) is 12.8 Å². The van der Waals surface area contributed by atoms with Crippen LogP contribution in [0.4, 0.5) is 0 Å². The molecule has 1 aliphatic heterocycles. The second-order valence-electron chi connectivity index (χ2n) is 5.49.